The molecule has 0 aliphatic heterocycles. The third-order valence-corrected chi connectivity index (χ3v) is 4.07. The van der Waals surface area contributed by atoms with Crippen LogP contribution in [-0.2, 0) is 28.6 Å². The van der Waals surface area contributed by atoms with Crippen LogP contribution in [0.25, 0.3) is 0 Å². The van der Waals surface area contributed by atoms with Crippen LogP contribution in [0.15, 0.2) is 0 Å². The molecule has 0 atom stereocenters. The maximum atomic E-state index is 10.7. The Kier molecular flexibility index (Phi) is 11.3. The molecule has 0 spiro atoms. The standard InChI is InChI=1S/C13H28O6S2/c1-20(14,15)18-12-10-8-6-4-3-5-7-9-11-13-19-21(2,16)17/h3-13H2,1-2H3. The second kappa shape index (κ2) is 11.4. The lowest BCUT2D eigenvalue weighted by molar-refractivity contribution is 0.308. The molecule has 0 saturated carbocycles. The molecule has 0 aliphatic carbocycles. The Morgan fingerprint density at radius 2 is 0.762 bits per heavy atom. The molecular weight excluding hydrogens is 316 g/mol. The first-order chi connectivity index (χ1) is 9.71. The Hall–Kier alpha value is -0.180. The van der Waals surface area contributed by atoms with Crippen LogP contribution in [0.4, 0.5) is 0 Å². The summed E-state index contributed by atoms with van der Waals surface area (Å²) in [7, 11) is -6.59. The molecule has 0 aromatic heterocycles. The maximum absolute atomic E-state index is 10.7. The SMILES string of the molecule is CS(=O)(=O)OCCCCCCCCCCCOS(C)(=O)=O. The van der Waals surface area contributed by atoms with Gasteiger partial charge in [0.05, 0.1) is 25.7 Å². The van der Waals surface area contributed by atoms with E-state index in [1.165, 1.54) is 0 Å². The van der Waals surface area contributed by atoms with E-state index >= 15 is 0 Å². The smallest absolute Gasteiger partial charge is 0.264 e. The number of rotatable bonds is 14. The topological polar surface area (TPSA) is 86.7 Å². The lowest BCUT2D eigenvalue weighted by Gasteiger charge is -2.03. The minimum absolute atomic E-state index is 0.277. The van der Waals surface area contributed by atoms with Gasteiger partial charge in [-0.3, -0.25) is 8.37 Å². The van der Waals surface area contributed by atoms with Crippen LogP contribution in [-0.4, -0.2) is 42.6 Å². The highest BCUT2D eigenvalue weighted by Crippen LogP contribution is 2.10. The highest BCUT2D eigenvalue weighted by atomic mass is 32.2. The summed E-state index contributed by atoms with van der Waals surface area (Å²) in [6.45, 7) is 0.554. The summed E-state index contributed by atoms with van der Waals surface area (Å²) in [4.78, 5) is 0. The fourth-order valence-electron chi connectivity index (χ4n) is 1.86. The van der Waals surface area contributed by atoms with Gasteiger partial charge in [0.2, 0.25) is 0 Å². The first kappa shape index (κ1) is 20.8. The molecule has 0 aromatic rings. The molecule has 0 bridgehead atoms. The molecule has 0 saturated heterocycles. The molecular formula is C13H28O6S2. The highest BCUT2D eigenvalue weighted by molar-refractivity contribution is 7.86. The van der Waals surface area contributed by atoms with E-state index in [4.69, 9.17) is 0 Å². The van der Waals surface area contributed by atoms with Gasteiger partial charge in [-0.05, 0) is 12.8 Å². The average molecular weight is 344 g/mol. The number of hydrogen-bond acceptors (Lipinski definition) is 6. The minimum Gasteiger partial charge on any atom is -0.270 e. The second-order valence-electron chi connectivity index (χ2n) is 5.23. The molecule has 0 aromatic carbocycles. The molecule has 0 rings (SSSR count). The van der Waals surface area contributed by atoms with Crippen molar-refractivity contribution in [3.8, 4) is 0 Å². The molecule has 0 amide bonds. The molecule has 6 nitrogen and oxygen atoms in total. The van der Waals surface area contributed by atoms with E-state index in [2.05, 4.69) is 8.37 Å². The van der Waals surface area contributed by atoms with Gasteiger partial charge in [0, 0.05) is 0 Å². The van der Waals surface area contributed by atoms with Crippen molar-refractivity contribution in [3.05, 3.63) is 0 Å². The molecule has 21 heavy (non-hydrogen) atoms. The molecule has 0 unspecified atom stereocenters. The maximum Gasteiger partial charge on any atom is 0.264 e. The van der Waals surface area contributed by atoms with Crippen LogP contribution in [0.5, 0.6) is 0 Å². The molecule has 0 heterocycles. The van der Waals surface area contributed by atoms with Crippen molar-refractivity contribution in [1.82, 2.24) is 0 Å². The van der Waals surface area contributed by atoms with E-state index in [9.17, 15) is 16.8 Å². The molecule has 0 aliphatic rings. The van der Waals surface area contributed by atoms with Gasteiger partial charge in [-0.15, -0.1) is 0 Å². The van der Waals surface area contributed by atoms with Crippen molar-refractivity contribution >= 4 is 20.2 Å². The zero-order valence-electron chi connectivity index (χ0n) is 13.0. The Balaban J connectivity index is 3.16. The Morgan fingerprint density at radius 3 is 1.00 bits per heavy atom. The van der Waals surface area contributed by atoms with Crippen LogP contribution in [0.2, 0.25) is 0 Å². The summed E-state index contributed by atoms with van der Waals surface area (Å²) in [5, 5.41) is 0. The first-order valence-corrected chi connectivity index (χ1v) is 11.0. The Bertz CT molecular complexity index is 399. The fourth-order valence-corrected chi connectivity index (χ4v) is 2.70. The summed E-state index contributed by atoms with van der Waals surface area (Å²) in [6.07, 6.45) is 11.2. The quantitative estimate of drug-likeness (QED) is 0.355. The van der Waals surface area contributed by atoms with Crippen molar-refractivity contribution in [2.24, 2.45) is 0 Å². The lowest BCUT2D eigenvalue weighted by atomic mass is 10.1. The molecule has 0 N–H and O–H groups in total. The summed E-state index contributed by atoms with van der Waals surface area (Å²) in [5.41, 5.74) is 0. The van der Waals surface area contributed by atoms with Gasteiger partial charge < -0.3 is 0 Å². The van der Waals surface area contributed by atoms with Gasteiger partial charge in [0.25, 0.3) is 20.2 Å². The third kappa shape index (κ3) is 19.8. The molecule has 0 radical (unpaired) electrons. The summed E-state index contributed by atoms with van der Waals surface area (Å²) in [6, 6.07) is 0. The third-order valence-electron chi connectivity index (χ3n) is 2.88. The molecule has 8 heteroatoms. The van der Waals surface area contributed by atoms with Gasteiger partial charge >= 0.3 is 0 Å². The van der Waals surface area contributed by atoms with Crippen LogP contribution < -0.4 is 0 Å². The molecule has 128 valence electrons. The lowest BCUT2D eigenvalue weighted by Crippen LogP contribution is -2.04. The van der Waals surface area contributed by atoms with Crippen LogP contribution in [0, 0.1) is 0 Å². The summed E-state index contributed by atoms with van der Waals surface area (Å²) in [5.74, 6) is 0. The van der Waals surface area contributed by atoms with Crippen molar-refractivity contribution in [1.29, 1.82) is 0 Å². The largest absolute Gasteiger partial charge is 0.270 e. The highest BCUT2D eigenvalue weighted by Gasteiger charge is 2.01. The normalized spacial score (nSPS) is 12.7. The number of hydrogen-bond donors (Lipinski definition) is 0. The van der Waals surface area contributed by atoms with Crippen LogP contribution in [0.3, 0.4) is 0 Å². The van der Waals surface area contributed by atoms with Gasteiger partial charge in [-0.2, -0.15) is 16.8 Å². The van der Waals surface area contributed by atoms with Crippen molar-refractivity contribution < 1.29 is 25.2 Å². The van der Waals surface area contributed by atoms with E-state index < -0.39 is 20.2 Å². The minimum atomic E-state index is -3.29. The zero-order valence-corrected chi connectivity index (χ0v) is 14.7. The van der Waals surface area contributed by atoms with Crippen molar-refractivity contribution in [3.63, 3.8) is 0 Å². The van der Waals surface area contributed by atoms with E-state index in [-0.39, 0.29) is 13.2 Å². The predicted molar refractivity (Wildman–Crippen MR) is 83.1 cm³/mol. The molecule has 0 fully saturated rings. The summed E-state index contributed by atoms with van der Waals surface area (Å²) < 4.78 is 52.1. The van der Waals surface area contributed by atoms with Gasteiger partial charge in [-0.1, -0.05) is 44.9 Å². The van der Waals surface area contributed by atoms with Crippen LogP contribution in [0.1, 0.15) is 57.8 Å². The average Bonchev–Trinajstić information content (AvgIpc) is 2.32. The second-order valence-corrected chi connectivity index (χ2v) is 8.52. The summed E-state index contributed by atoms with van der Waals surface area (Å²) >= 11 is 0. The van der Waals surface area contributed by atoms with Crippen LogP contribution >= 0.6 is 0 Å². The van der Waals surface area contributed by atoms with E-state index in [1.807, 2.05) is 0 Å². The van der Waals surface area contributed by atoms with Crippen molar-refractivity contribution in [2.75, 3.05) is 25.7 Å². The Morgan fingerprint density at radius 1 is 0.524 bits per heavy atom. The monoisotopic (exact) mass is 344 g/mol. The van der Waals surface area contributed by atoms with E-state index in [0.717, 1.165) is 70.3 Å². The van der Waals surface area contributed by atoms with Gasteiger partial charge in [0.1, 0.15) is 0 Å². The van der Waals surface area contributed by atoms with E-state index in [1.54, 1.807) is 0 Å². The first-order valence-electron chi connectivity index (χ1n) is 7.39. The van der Waals surface area contributed by atoms with Gasteiger partial charge in [0.15, 0.2) is 0 Å². The Labute approximate surface area is 129 Å². The van der Waals surface area contributed by atoms with Gasteiger partial charge in [-0.25, -0.2) is 0 Å². The van der Waals surface area contributed by atoms with E-state index in [0.29, 0.717) is 0 Å². The zero-order chi connectivity index (χ0) is 16.2. The number of unbranched alkanes of at least 4 members (excludes halogenated alkanes) is 8. The van der Waals surface area contributed by atoms with Crippen molar-refractivity contribution in [2.45, 2.75) is 57.8 Å². The fraction of sp³-hybridized carbons (Fsp3) is 1.00. The predicted octanol–water partition coefficient (Wildman–Crippen LogP) is 2.45.